The van der Waals surface area contributed by atoms with Gasteiger partial charge >= 0.3 is 0 Å². The van der Waals surface area contributed by atoms with Crippen LogP contribution in [-0.2, 0) is 0 Å². The van der Waals surface area contributed by atoms with Crippen molar-refractivity contribution in [3.05, 3.63) is 29.6 Å². The quantitative estimate of drug-likeness (QED) is 0.907. The molecule has 3 rings (SSSR count). The Bertz CT molecular complexity index is 640. The lowest BCUT2D eigenvalue weighted by Gasteiger charge is -2.35. The van der Waals surface area contributed by atoms with Gasteiger partial charge in [-0.3, -0.25) is 4.90 Å². The molecule has 1 atom stereocenters. The molecule has 0 aliphatic carbocycles. The number of hydrogen-bond acceptors (Lipinski definition) is 6. The molecular formula is C15H20N4O2. The molecule has 112 valence electrons. The number of phenolic OH excluding ortho intramolecular Hbond substituents is 1. The highest BCUT2D eigenvalue weighted by Crippen LogP contribution is 2.27. The van der Waals surface area contributed by atoms with E-state index in [1.165, 1.54) is 0 Å². The first-order valence-corrected chi connectivity index (χ1v) is 7.07. The molecule has 21 heavy (non-hydrogen) atoms. The van der Waals surface area contributed by atoms with Gasteiger partial charge in [0.15, 0.2) is 5.82 Å². The van der Waals surface area contributed by atoms with Gasteiger partial charge in [-0.2, -0.15) is 4.98 Å². The third-order valence-electron chi connectivity index (χ3n) is 4.05. The van der Waals surface area contributed by atoms with Crippen LogP contribution in [0.25, 0.3) is 11.5 Å². The lowest BCUT2D eigenvalue weighted by molar-refractivity contribution is 0.108. The smallest absolute Gasteiger partial charge is 0.258 e. The Morgan fingerprint density at radius 1 is 1.29 bits per heavy atom. The second kappa shape index (κ2) is 5.46. The first kappa shape index (κ1) is 14.0. The van der Waals surface area contributed by atoms with Crippen LogP contribution in [0.5, 0.6) is 5.75 Å². The molecular weight excluding hydrogens is 268 g/mol. The van der Waals surface area contributed by atoms with Gasteiger partial charge in [0.05, 0.1) is 6.04 Å². The maximum atomic E-state index is 9.79. The average molecular weight is 288 g/mol. The summed E-state index contributed by atoms with van der Waals surface area (Å²) < 4.78 is 5.36. The van der Waals surface area contributed by atoms with E-state index in [1.54, 1.807) is 6.07 Å². The summed E-state index contributed by atoms with van der Waals surface area (Å²) in [5, 5.41) is 13.9. The second-order valence-electron chi connectivity index (χ2n) is 5.72. The maximum Gasteiger partial charge on any atom is 0.258 e. The van der Waals surface area contributed by atoms with Crippen molar-refractivity contribution in [1.29, 1.82) is 0 Å². The van der Waals surface area contributed by atoms with E-state index in [-0.39, 0.29) is 11.8 Å². The molecule has 6 nitrogen and oxygen atoms in total. The molecule has 1 aromatic carbocycles. The average Bonchev–Trinajstić information content (AvgIpc) is 2.94. The number of phenols is 1. The van der Waals surface area contributed by atoms with Crippen LogP contribution in [0.4, 0.5) is 0 Å². The monoisotopic (exact) mass is 288 g/mol. The van der Waals surface area contributed by atoms with Gasteiger partial charge in [-0.1, -0.05) is 11.2 Å². The summed E-state index contributed by atoms with van der Waals surface area (Å²) in [4.78, 5) is 9.00. The molecule has 0 amide bonds. The summed E-state index contributed by atoms with van der Waals surface area (Å²) in [5.74, 6) is 1.38. The van der Waals surface area contributed by atoms with Gasteiger partial charge in [0.1, 0.15) is 5.75 Å². The van der Waals surface area contributed by atoms with Crippen molar-refractivity contribution >= 4 is 0 Å². The normalized spacial score (nSPS) is 20.8. The van der Waals surface area contributed by atoms with Crippen molar-refractivity contribution in [2.75, 3.05) is 33.7 Å². The van der Waals surface area contributed by atoms with Gasteiger partial charge < -0.3 is 14.5 Å². The van der Waals surface area contributed by atoms with Gasteiger partial charge in [-0.05, 0) is 38.7 Å². The SMILES string of the molecule is Cc1ccc(-c2nc(C3CN(C)CCN3C)no2)cc1O. The van der Waals surface area contributed by atoms with E-state index in [1.807, 2.05) is 19.1 Å². The molecule has 0 saturated carbocycles. The largest absolute Gasteiger partial charge is 0.508 e. The Labute approximate surface area is 124 Å². The van der Waals surface area contributed by atoms with E-state index in [9.17, 15) is 5.11 Å². The minimum Gasteiger partial charge on any atom is -0.508 e. The molecule has 1 aliphatic heterocycles. The first-order chi connectivity index (χ1) is 10.0. The zero-order chi connectivity index (χ0) is 15.0. The van der Waals surface area contributed by atoms with Crippen LogP contribution in [0.2, 0.25) is 0 Å². The minimum absolute atomic E-state index is 0.139. The van der Waals surface area contributed by atoms with Gasteiger partial charge in [-0.25, -0.2) is 0 Å². The summed E-state index contributed by atoms with van der Waals surface area (Å²) in [6, 6.07) is 5.52. The molecule has 1 aromatic heterocycles. The molecule has 0 bridgehead atoms. The van der Waals surface area contributed by atoms with Gasteiger partial charge in [0, 0.05) is 25.2 Å². The zero-order valence-corrected chi connectivity index (χ0v) is 12.6. The lowest BCUT2D eigenvalue weighted by Crippen LogP contribution is -2.45. The summed E-state index contributed by atoms with van der Waals surface area (Å²) in [5.41, 5.74) is 1.57. The topological polar surface area (TPSA) is 65.6 Å². The van der Waals surface area contributed by atoms with Crippen LogP contribution in [-0.4, -0.2) is 58.8 Å². The highest BCUT2D eigenvalue weighted by Gasteiger charge is 2.28. The van der Waals surface area contributed by atoms with Crippen LogP contribution < -0.4 is 0 Å². The molecule has 2 heterocycles. The number of likely N-dealkylation sites (N-methyl/N-ethyl adjacent to an activating group) is 2. The van der Waals surface area contributed by atoms with Crippen LogP contribution in [0.15, 0.2) is 22.7 Å². The second-order valence-corrected chi connectivity index (χ2v) is 5.72. The van der Waals surface area contributed by atoms with E-state index in [4.69, 9.17) is 4.52 Å². The van der Waals surface area contributed by atoms with Crippen molar-refractivity contribution in [3.8, 4) is 17.2 Å². The summed E-state index contributed by atoms with van der Waals surface area (Å²) in [6.45, 7) is 4.76. The molecule has 1 saturated heterocycles. The number of aromatic hydroxyl groups is 1. The Morgan fingerprint density at radius 2 is 2.10 bits per heavy atom. The molecule has 0 radical (unpaired) electrons. The third-order valence-corrected chi connectivity index (χ3v) is 4.05. The van der Waals surface area contributed by atoms with Crippen molar-refractivity contribution < 1.29 is 9.63 Å². The highest BCUT2D eigenvalue weighted by atomic mass is 16.5. The number of aromatic nitrogens is 2. The predicted octanol–water partition coefficient (Wildman–Crippen LogP) is 1.67. The van der Waals surface area contributed by atoms with Gasteiger partial charge in [-0.15, -0.1) is 0 Å². The molecule has 2 aromatic rings. The van der Waals surface area contributed by atoms with E-state index >= 15 is 0 Å². The molecule has 1 fully saturated rings. The van der Waals surface area contributed by atoms with E-state index in [2.05, 4.69) is 34.0 Å². The fraction of sp³-hybridized carbons (Fsp3) is 0.467. The number of piperazine rings is 1. The third kappa shape index (κ3) is 2.77. The first-order valence-electron chi connectivity index (χ1n) is 7.07. The zero-order valence-electron chi connectivity index (χ0n) is 12.6. The van der Waals surface area contributed by atoms with Crippen molar-refractivity contribution in [2.45, 2.75) is 13.0 Å². The molecule has 1 N–H and O–H groups in total. The Balaban J connectivity index is 1.87. The molecule has 1 unspecified atom stereocenters. The molecule has 1 aliphatic rings. The van der Waals surface area contributed by atoms with E-state index in [0.717, 1.165) is 30.8 Å². The Hall–Kier alpha value is -1.92. The number of nitrogens with zero attached hydrogens (tertiary/aromatic N) is 4. The van der Waals surface area contributed by atoms with Gasteiger partial charge in [0.25, 0.3) is 5.89 Å². The predicted molar refractivity (Wildman–Crippen MR) is 79.0 cm³/mol. The fourth-order valence-corrected chi connectivity index (χ4v) is 2.52. The van der Waals surface area contributed by atoms with Crippen molar-refractivity contribution in [1.82, 2.24) is 19.9 Å². The number of hydrogen-bond donors (Lipinski definition) is 1. The summed E-state index contributed by atoms with van der Waals surface area (Å²) in [7, 11) is 4.17. The Morgan fingerprint density at radius 3 is 2.86 bits per heavy atom. The summed E-state index contributed by atoms with van der Waals surface area (Å²) in [6.07, 6.45) is 0. The lowest BCUT2D eigenvalue weighted by atomic mass is 10.1. The molecule has 0 spiro atoms. The minimum atomic E-state index is 0.139. The number of rotatable bonds is 2. The van der Waals surface area contributed by atoms with E-state index < -0.39 is 0 Å². The fourth-order valence-electron chi connectivity index (χ4n) is 2.52. The van der Waals surface area contributed by atoms with Gasteiger partial charge in [0.2, 0.25) is 0 Å². The number of aryl methyl sites for hydroxylation is 1. The maximum absolute atomic E-state index is 9.79. The summed E-state index contributed by atoms with van der Waals surface area (Å²) >= 11 is 0. The Kier molecular flexibility index (Phi) is 3.65. The van der Waals surface area contributed by atoms with Crippen molar-refractivity contribution in [2.24, 2.45) is 0 Å². The van der Waals surface area contributed by atoms with Crippen LogP contribution in [0.1, 0.15) is 17.4 Å². The standard InChI is InChI=1S/C15H20N4O2/c1-10-4-5-11(8-13(10)20)15-16-14(17-21-15)12-9-18(2)6-7-19(12)3/h4-5,8,12,20H,6-7,9H2,1-3H3. The van der Waals surface area contributed by atoms with E-state index in [0.29, 0.717) is 11.7 Å². The van der Waals surface area contributed by atoms with Crippen LogP contribution in [0, 0.1) is 6.92 Å². The van der Waals surface area contributed by atoms with Crippen molar-refractivity contribution in [3.63, 3.8) is 0 Å². The highest BCUT2D eigenvalue weighted by molar-refractivity contribution is 5.57. The number of benzene rings is 1. The van der Waals surface area contributed by atoms with Crippen LogP contribution in [0.3, 0.4) is 0 Å². The molecule has 6 heteroatoms. The van der Waals surface area contributed by atoms with Crippen LogP contribution >= 0.6 is 0 Å².